The second-order valence-electron chi connectivity index (χ2n) is 4.00. The molecule has 0 aliphatic carbocycles. The van der Waals surface area contributed by atoms with Crippen LogP contribution in [0.25, 0.3) is 0 Å². The molecular formula is C12H17BrN2O. The molecule has 1 aromatic rings. The summed E-state index contributed by atoms with van der Waals surface area (Å²) in [7, 11) is 0. The van der Waals surface area contributed by atoms with Gasteiger partial charge in [0.1, 0.15) is 0 Å². The van der Waals surface area contributed by atoms with Crippen molar-refractivity contribution >= 4 is 21.6 Å². The lowest BCUT2D eigenvalue weighted by Gasteiger charge is -2.36. The van der Waals surface area contributed by atoms with E-state index in [0.29, 0.717) is 0 Å². The smallest absolute Gasteiger partial charge is 0.0558 e. The normalized spacial score (nSPS) is 17.8. The first kappa shape index (κ1) is 11.9. The molecule has 0 atom stereocenters. The van der Waals surface area contributed by atoms with E-state index < -0.39 is 0 Å². The zero-order chi connectivity index (χ0) is 11.4. The Kier molecular flexibility index (Phi) is 4.21. The van der Waals surface area contributed by atoms with Gasteiger partial charge in [-0.1, -0.05) is 12.1 Å². The van der Waals surface area contributed by atoms with Gasteiger partial charge in [0.25, 0.3) is 0 Å². The minimum absolute atomic E-state index is 0.259. The van der Waals surface area contributed by atoms with Crippen LogP contribution in [-0.4, -0.2) is 49.3 Å². The molecular weight excluding hydrogens is 268 g/mol. The summed E-state index contributed by atoms with van der Waals surface area (Å²) >= 11 is 3.58. The summed E-state index contributed by atoms with van der Waals surface area (Å²) in [4.78, 5) is 4.69. The van der Waals surface area contributed by atoms with Gasteiger partial charge in [0.15, 0.2) is 0 Å². The lowest BCUT2D eigenvalue weighted by atomic mass is 10.2. The van der Waals surface area contributed by atoms with Crippen LogP contribution < -0.4 is 4.90 Å². The third-order valence-corrected chi connectivity index (χ3v) is 3.65. The third kappa shape index (κ3) is 2.75. The van der Waals surface area contributed by atoms with E-state index >= 15 is 0 Å². The lowest BCUT2D eigenvalue weighted by Crippen LogP contribution is -2.47. The Morgan fingerprint density at radius 2 is 1.81 bits per heavy atom. The van der Waals surface area contributed by atoms with Gasteiger partial charge in [-0.2, -0.15) is 0 Å². The van der Waals surface area contributed by atoms with E-state index in [4.69, 9.17) is 5.11 Å². The number of halogens is 1. The zero-order valence-corrected chi connectivity index (χ0v) is 10.9. The van der Waals surface area contributed by atoms with Crippen molar-refractivity contribution in [1.82, 2.24) is 4.90 Å². The Hall–Kier alpha value is -0.580. The van der Waals surface area contributed by atoms with Gasteiger partial charge in [-0.15, -0.1) is 0 Å². The summed E-state index contributed by atoms with van der Waals surface area (Å²) in [6.07, 6.45) is 0. The predicted molar refractivity (Wildman–Crippen MR) is 69.9 cm³/mol. The van der Waals surface area contributed by atoms with E-state index in [9.17, 15) is 0 Å². The molecule has 3 nitrogen and oxygen atoms in total. The van der Waals surface area contributed by atoms with Gasteiger partial charge in [0.2, 0.25) is 0 Å². The Labute approximate surface area is 105 Å². The summed E-state index contributed by atoms with van der Waals surface area (Å²) in [5.74, 6) is 0. The highest BCUT2D eigenvalue weighted by Crippen LogP contribution is 2.26. The molecule has 4 heteroatoms. The van der Waals surface area contributed by atoms with E-state index in [1.165, 1.54) is 5.69 Å². The molecule has 1 aliphatic rings. The largest absolute Gasteiger partial charge is 0.395 e. The maximum absolute atomic E-state index is 8.88. The van der Waals surface area contributed by atoms with E-state index in [0.717, 1.165) is 37.2 Å². The van der Waals surface area contributed by atoms with E-state index in [2.05, 4.69) is 43.9 Å². The number of β-amino-alcohol motifs (C(OH)–C–C–N with tert-alkyl or cyclic N) is 1. The number of anilines is 1. The number of piperazine rings is 1. The lowest BCUT2D eigenvalue weighted by molar-refractivity contribution is 0.188. The fraction of sp³-hybridized carbons (Fsp3) is 0.500. The Balaban J connectivity index is 1.96. The molecule has 0 amide bonds. The Morgan fingerprint density at radius 3 is 2.44 bits per heavy atom. The third-order valence-electron chi connectivity index (χ3n) is 2.98. The molecule has 1 fully saturated rings. The van der Waals surface area contributed by atoms with Gasteiger partial charge >= 0.3 is 0 Å². The van der Waals surface area contributed by atoms with Crippen molar-refractivity contribution in [3.8, 4) is 0 Å². The van der Waals surface area contributed by atoms with Gasteiger partial charge in [0, 0.05) is 37.2 Å². The van der Waals surface area contributed by atoms with Gasteiger partial charge in [0.05, 0.1) is 12.3 Å². The minimum Gasteiger partial charge on any atom is -0.395 e. The average Bonchev–Trinajstić information content (AvgIpc) is 2.31. The number of rotatable bonds is 3. The fourth-order valence-electron chi connectivity index (χ4n) is 2.06. The van der Waals surface area contributed by atoms with Gasteiger partial charge < -0.3 is 10.0 Å². The van der Waals surface area contributed by atoms with Crippen LogP contribution in [0.3, 0.4) is 0 Å². The standard InChI is InChI=1S/C12H17BrN2O/c13-11-3-1-2-4-12(11)15-7-5-14(6-8-15)9-10-16/h1-4,16H,5-10H2. The van der Waals surface area contributed by atoms with Crippen LogP contribution in [0.1, 0.15) is 0 Å². The first-order valence-corrected chi connectivity index (χ1v) is 6.43. The number of aliphatic hydroxyl groups excluding tert-OH is 1. The monoisotopic (exact) mass is 284 g/mol. The molecule has 16 heavy (non-hydrogen) atoms. The van der Waals surface area contributed by atoms with Crippen LogP contribution in [0, 0.1) is 0 Å². The first-order valence-electron chi connectivity index (χ1n) is 5.64. The van der Waals surface area contributed by atoms with Crippen LogP contribution in [0.4, 0.5) is 5.69 Å². The summed E-state index contributed by atoms with van der Waals surface area (Å²) in [5.41, 5.74) is 1.27. The maximum atomic E-state index is 8.88. The zero-order valence-electron chi connectivity index (χ0n) is 9.27. The van der Waals surface area contributed by atoms with Crippen molar-refractivity contribution in [2.24, 2.45) is 0 Å². The van der Waals surface area contributed by atoms with Gasteiger partial charge in [-0.25, -0.2) is 0 Å². The summed E-state index contributed by atoms with van der Waals surface area (Å²) < 4.78 is 1.16. The molecule has 1 aliphatic heterocycles. The Bertz CT molecular complexity index is 338. The first-order chi connectivity index (χ1) is 7.81. The van der Waals surface area contributed by atoms with Crippen LogP contribution in [0.5, 0.6) is 0 Å². The average molecular weight is 285 g/mol. The molecule has 88 valence electrons. The number of hydrogen-bond acceptors (Lipinski definition) is 3. The molecule has 1 saturated heterocycles. The van der Waals surface area contributed by atoms with E-state index in [-0.39, 0.29) is 6.61 Å². The molecule has 0 radical (unpaired) electrons. The maximum Gasteiger partial charge on any atom is 0.0558 e. The van der Waals surface area contributed by atoms with Crippen molar-refractivity contribution in [1.29, 1.82) is 0 Å². The molecule has 1 aromatic carbocycles. The van der Waals surface area contributed by atoms with Crippen LogP contribution >= 0.6 is 15.9 Å². The molecule has 0 bridgehead atoms. The van der Waals surface area contributed by atoms with Crippen LogP contribution in [0.2, 0.25) is 0 Å². The number of aliphatic hydroxyl groups is 1. The molecule has 0 aromatic heterocycles. The van der Waals surface area contributed by atoms with Crippen molar-refractivity contribution in [2.75, 3.05) is 44.2 Å². The highest BCUT2D eigenvalue weighted by Gasteiger charge is 2.17. The highest BCUT2D eigenvalue weighted by molar-refractivity contribution is 9.10. The quantitative estimate of drug-likeness (QED) is 0.913. The van der Waals surface area contributed by atoms with Crippen molar-refractivity contribution in [3.63, 3.8) is 0 Å². The Morgan fingerprint density at radius 1 is 1.12 bits per heavy atom. The number of benzene rings is 1. The van der Waals surface area contributed by atoms with E-state index in [1.54, 1.807) is 0 Å². The van der Waals surface area contributed by atoms with Crippen molar-refractivity contribution < 1.29 is 5.11 Å². The molecule has 0 unspecified atom stereocenters. The SMILES string of the molecule is OCCN1CCN(c2ccccc2Br)CC1. The second kappa shape index (κ2) is 5.66. The van der Waals surface area contributed by atoms with E-state index in [1.807, 2.05) is 6.07 Å². The van der Waals surface area contributed by atoms with Gasteiger partial charge in [-0.3, -0.25) is 4.90 Å². The van der Waals surface area contributed by atoms with Crippen molar-refractivity contribution in [2.45, 2.75) is 0 Å². The van der Waals surface area contributed by atoms with Crippen molar-refractivity contribution in [3.05, 3.63) is 28.7 Å². The van der Waals surface area contributed by atoms with Gasteiger partial charge in [-0.05, 0) is 28.1 Å². The fourth-order valence-corrected chi connectivity index (χ4v) is 2.60. The second-order valence-corrected chi connectivity index (χ2v) is 4.86. The molecule has 2 rings (SSSR count). The van der Waals surface area contributed by atoms with Crippen LogP contribution in [-0.2, 0) is 0 Å². The van der Waals surface area contributed by atoms with Crippen LogP contribution in [0.15, 0.2) is 28.7 Å². The molecule has 1 heterocycles. The summed E-state index contributed by atoms with van der Waals surface area (Å²) in [6, 6.07) is 8.33. The number of hydrogen-bond donors (Lipinski definition) is 1. The topological polar surface area (TPSA) is 26.7 Å². The predicted octanol–water partition coefficient (Wildman–Crippen LogP) is 1.56. The molecule has 0 saturated carbocycles. The summed E-state index contributed by atoms with van der Waals surface area (Å²) in [6.45, 7) is 5.17. The summed E-state index contributed by atoms with van der Waals surface area (Å²) in [5, 5.41) is 8.88. The number of nitrogens with zero attached hydrogens (tertiary/aromatic N) is 2. The molecule has 0 spiro atoms. The minimum atomic E-state index is 0.259. The highest BCUT2D eigenvalue weighted by atomic mass is 79.9. The number of para-hydroxylation sites is 1. The molecule has 1 N–H and O–H groups in total.